The number of rotatable bonds is 1. The zero-order chi connectivity index (χ0) is 14.3. The summed E-state index contributed by atoms with van der Waals surface area (Å²) >= 11 is 0. The minimum Gasteiger partial charge on any atom is -0.274 e. The van der Waals surface area contributed by atoms with Crippen molar-refractivity contribution in [3.63, 3.8) is 0 Å². The van der Waals surface area contributed by atoms with Crippen molar-refractivity contribution in [2.45, 2.75) is 13.3 Å². The van der Waals surface area contributed by atoms with E-state index in [1.165, 1.54) is 11.3 Å². The first-order valence-electron chi connectivity index (χ1n) is 7.79. The minimum atomic E-state index is -0.0995. The monoisotopic (exact) mass is 279 g/mol. The molecule has 106 valence electrons. The first kappa shape index (κ1) is 11.7. The molecule has 2 saturated carbocycles. The van der Waals surface area contributed by atoms with Gasteiger partial charge >= 0.3 is 0 Å². The minimum absolute atomic E-state index is 0.0264. The third-order valence-corrected chi connectivity index (χ3v) is 5.95. The summed E-state index contributed by atoms with van der Waals surface area (Å²) in [7, 11) is 0. The van der Waals surface area contributed by atoms with E-state index >= 15 is 0 Å². The third-order valence-electron chi connectivity index (χ3n) is 5.95. The van der Waals surface area contributed by atoms with Gasteiger partial charge in [0.1, 0.15) is 0 Å². The highest BCUT2D eigenvalue weighted by Gasteiger charge is 2.67. The normalized spacial score (nSPS) is 42.2. The van der Waals surface area contributed by atoms with E-state index in [2.05, 4.69) is 12.2 Å². The lowest BCUT2D eigenvalue weighted by Gasteiger charge is -2.37. The van der Waals surface area contributed by atoms with Crippen LogP contribution in [0.25, 0.3) is 0 Å². The number of allylic oxidation sites excluding steroid dienone is 2. The first-order chi connectivity index (χ1) is 10.2. The van der Waals surface area contributed by atoms with Crippen LogP contribution >= 0.6 is 0 Å². The molecule has 1 saturated heterocycles. The van der Waals surface area contributed by atoms with E-state index < -0.39 is 0 Å². The van der Waals surface area contributed by atoms with Crippen LogP contribution in [0.4, 0.5) is 5.69 Å². The molecular weight excluding hydrogens is 262 g/mol. The van der Waals surface area contributed by atoms with Gasteiger partial charge < -0.3 is 0 Å². The van der Waals surface area contributed by atoms with Gasteiger partial charge in [0, 0.05) is 0 Å². The second-order valence-corrected chi connectivity index (χ2v) is 7.00. The average molecular weight is 279 g/mol. The van der Waals surface area contributed by atoms with Crippen LogP contribution in [0.15, 0.2) is 36.4 Å². The zero-order valence-corrected chi connectivity index (χ0v) is 11.9. The first-order valence-corrected chi connectivity index (χ1v) is 7.79. The second-order valence-electron chi connectivity index (χ2n) is 7.00. The van der Waals surface area contributed by atoms with Crippen molar-refractivity contribution in [3.8, 4) is 0 Å². The fraction of sp³-hybridized carbons (Fsp3) is 0.444. The lowest BCUT2D eigenvalue weighted by Crippen LogP contribution is -2.40. The summed E-state index contributed by atoms with van der Waals surface area (Å²) in [6.07, 6.45) is 5.63. The van der Waals surface area contributed by atoms with Gasteiger partial charge in [0.05, 0.1) is 17.5 Å². The van der Waals surface area contributed by atoms with Gasteiger partial charge in [-0.3, -0.25) is 14.5 Å². The van der Waals surface area contributed by atoms with Crippen LogP contribution in [0.1, 0.15) is 12.0 Å². The molecule has 0 radical (unpaired) electrons. The maximum absolute atomic E-state index is 12.9. The Hall–Kier alpha value is -1.90. The molecule has 2 amide bonds. The molecule has 0 N–H and O–H groups in total. The predicted molar refractivity (Wildman–Crippen MR) is 78.4 cm³/mol. The number of hydrogen-bond acceptors (Lipinski definition) is 2. The molecule has 21 heavy (non-hydrogen) atoms. The standard InChI is InChI=1S/C18H17NO2/c1-9-2-4-10(5-3-9)19-17(20)15-11-6-7-12(14-8-13(11)14)16(15)18(19)21/h2-7,11-16H,8H2,1H3/t11-,12-,13-,14+,15-,16+/m0/s1. The Balaban J connectivity index is 1.58. The van der Waals surface area contributed by atoms with Crippen LogP contribution in [0, 0.1) is 42.4 Å². The Morgan fingerprint density at radius 2 is 1.43 bits per heavy atom. The van der Waals surface area contributed by atoms with Gasteiger partial charge in [-0.25, -0.2) is 0 Å². The Bertz CT molecular complexity index is 654. The van der Waals surface area contributed by atoms with Crippen LogP contribution in [-0.2, 0) is 9.59 Å². The average Bonchev–Trinajstić information content (AvgIpc) is 3.26. The number of nitrogens with zero attached hydrogens (tertiary/aromatic N) is 1. The summed E-state index contributed by atoms with van der Waals surface area (Å²) in [5.41, 5.74) is 1.87. The van der Waals surface area contributed by atoms with Gasteiger partial charge in [0.25, 0.3) is 0 Å². The fourth-order valence-corrected chi connectivity index (χ4v) is 4.91. The summed E-state index contributed by atoms with van der Waals surface area (Å²) in [4.78, 5) is 27.2. The van der Waals surface area contributed by atoms with Crippen molar-refractivity contribution in [3.05, 3.63) is 42.0 Å². The zero-order valence-electron chi connectivity index (χ0n) is 11.9. The second kappa shape index (κ2) is 3.65. The maximum Gasteiger partial charge on any atom is 0.238 e. The van der Waals surface area contributed by atoms with Gasteiger partial charge in [-0.05, 0) is 49.1 Å². The van der Waals surface area contributed by atoms with Crippen molar-refractivity contribution in [2.75, 3.05) is 4.90 Å². The van der Waals surface area contributed by atoms with E-state index in [-0.39, 0.29) is 23.7 Å². The highest BCUT2D eigenvalue weighted by molar-refractivity contribution is 6.22. The highest BCUT2D eigenvalue weighted by atomic mass is 16.2. The molecule has 1 aromatic rings. The number of aryl methyl sites for hydroxylation is 1. The molecule has 0 aromatic heterocycles. The van der Waals surface area contributed by atoms with Gasteiger partial charge in [-0.2, -0.15) is 0 Å². The topological polar surface area (TPSA) is 37.4 Å². The van der Waals surface area contributed by atoms with E-state index in [1.807, 2.05) is 31.2 Å². The van der Waals surface area contributed by atoms with Crippen LogP contribution in [-0.4, -0.2) is 11.8 Å². The van der Waals surface area contributed by atoms with Crippen molar-refractivity contribution >= 4 is 17.5 Å². The summed E-state index contributed by atoms with van der Waals surface area (Å²) < 4.78 is 0. The fourth-order valence-electron chi connectivity index (χ4n) is 4.91. The molecule has 1 aromatic carbocycles. The van der Waals surface area contributed by atoms with Gasteiger partial charge in [-0.1, -0.05) is 29.8 Å². The Labute approximate surface area is 123 Å². The van der Waals surface area contributed by atoms with Crippen LogP contribution in [0.3, 0.4) is 0 Å². The van der Waals surface area contributed by atoms with E-state index in [9.17, 15) is 9.59 Å². The Kier molecular flexibility index (Phi) is 2.04. The predicted octanol–water partition coefficient (Wildman–Crippen LogP) is 2.55. The molecule has 5 aliphatic rings. The number of anilines is 1. The largest absolute Gasteiger partial charge is 0.274 e. The quantitative estimate of drug-likeness (QED) is 0.585. The molecule has 1 aliphatic heterocycles. The van der Waals surface area contributed by atoms with Crippen molar-refractivity contribution in [1.82, 2.24) is 0 Å². The molecule has 0 spiro atoms. The summed E-state index contributed by atoms with van der Waals surface area (Å²) in [5.74, 6) is 1.79. The third kappa shape index (κ3) is 1.34. The smallest absolute Gasteiger partial charge is 0.238 e. The lowest BCUT2D eigenvalue weighted by molar-refractivity contribution is -0.124. The summed E-state index contributed by atoms with van der Waals surface area (Å²) in [6.45, 7) is 2.01. The Morgan fingerprint density at radius 3 is 1.95 bits per heavy atom. The van der Waals surface area contributed by atoms with Crippen molar-refractivity contribution < 1.29 is 9.59 Å². The van der Waals surface area contributed by atoms with Crippen LogP contribution in [0.5, 0.6) is 0 Å². The SMILES string of the molecule is Cc1ccc(N2C(=O)[C@@H]3[C@H]4C=C[C@@H]([C@@H]5C[C@H]45)[C@@H]3C2=O)cc1. The highest BCUT2D eigenvalue weighted by Crippen LogP contribution is 2.65. The molecule has 3 heteroatoms. The summed E-state index contributed by atoms with van der Waals surface area (Å²) in [6, 6.07) is 7.70. The number of benzene rings is 1. The van der Waals surface area contributed by atoms with E-state index in [0.717, 1.165) is 11.3 Å². The summed E-state index contributed by atoms with van der Waals surface area (Å²) in [5, 5.41) is 0. The van der Waals surface area contributed by atoms with Crippen molar-refractivity contribution in [1.29, 1.82) is 0 Å². The number of hydrogen-bond donors (Lipinski definition) is 0. The van der Waals surface area contributed by atoms with E-state index in [1.54, 1.807) is 0 Å². The van der Waals surface area contributed by atoms with Crippen LogP contribution < -0.4 is 4.90 Å². The van der Waals surface area contributed by atoms with Gasteiger partial charge in [0.2, 0.25) is 11.8 Å². The molecule has 1 heterocycles. The van der Waals surface area contributed by atoms with E-state index in [0.29, 0.717) is 23.7 Å². The number of amides is 2. The maximum atomic E-state index is 12.9. The molecule has 6 atom stereocenters. The molecule has 6 rings (SSSR count). The molecular formula is C18H17NO2. The van der Waals surface area contributed by atoms with Gasteiger partial charge in [-0.15, -0.1) is 0 Å². The molecule has 4 aliphatic carbocycles. The van der Waals surface area contributed by atoms with Gasteiger partial charge in [0.15, 0.2) is 0 Å². The number of carbonyl (C=O) groups is 2. The molecule has 0 unspecified atom stereocenters. The lowest BCUT2D eigenvalue weighted by atomic mass is 9.63. The molecule has 3 nitrogen and oxygen atoms in total. The number of carbonyl (C=O) groups excluding carboxylic acids is 2. The van der Waals surface area contributed by atoms with Crippen LogP contribution in [0.2, 0.25) is 0 Å². The van der Waals surface area contributed by atoms with Crippen molar-refractivity contribution in [2.24, 2.45) is 35.5 Å². The molecule has 3 fully saturated rings. The molecule has 2 bridgehead atoms. The Morgan fingerprint density at radius 1 is 0.905 bits per heavy atom. The number of imide groups is 1. The van der Waals surface area contributed by atoms with E-state index in [4.69, 9.17) is 0 Å².